The molecule has 0 aromatic carbocycles. The zero-order chi connectivity index (χ0) is 15.8. The number of nitrogens with zero attached hydrogens (tertiary/aromatic N) is 2. The van der Waals surface area contributed by atoms with Crippen molar-refractivity contribution in [1.82, 2.24) is 9.96 Å². The largest absolute Gasteiger partial charge is 0.444 e. The molecule has 6 nitrogen and oxygen atoms in total. The van der Waals surface area contributed by atoms with Gasteiger partial charge in [0, 0.05) is 26.6 Å². The van der Waals surface area contributed by atoms with Crippen LogP contribution in [0.15, 0.2) is 12.7 Å². The fraction of sp³-hybridized carbons (Fsp3) is 0.714. The maximum atomic E-state index is 12.0. The monoisotopic (exact) mass is 286 g/mol. The van der Waals surface area contributed by atoms with Crippen LogP contribution in [-0.2, 0) is 14.4 Å². The molecule has 0 saturated carbocycles. The number of ether oxygens (including phenoxy) is 1. The van der Waals surface area contributed by atoms with E-state index in [0.29, 0.717) is 25.9 Å². The first-order valence-electron chi connectivity index (χ1n) is 6.60. The topological polar surface area (TPSA) is 59.1 Å². The zero-order valence-corrected chi connectivity index (χ0v) is 13.1. The van der Waals surface area contributed by atoms with Crippen molar-refractivity contribution >= 4 is 12.0 Å². The van der Waals surface area contributed by atoms with Crippen molar-refractivity contribution in [1.29, 1.82) is 0 Å². The Morgan fingerprint density at radius 2 is 1.90 bits per heavy atom. The van der Waals surface area contributed by atoms with Gasteiger partial charge in [0.15, 0.2) is 0 Å². The lowest BCUT2D eigenvalue weighted by Crippen LogP contribution is -2.38. The SMILES string of the molecule is C=CCN(CCCC(=O)N(C)OC)C(=O)OC(C)(C)C. The van der Waals surface area contributed by atoms with E-state index in [-0.39, 0.29) is 5.91 Å². The van der Waals surface area contributed by atoms with Gasteiger partial charge in [0.25, 0.3) is 0 Å². The van der Waals surface area contributed by atoms with Crippen LogP contribution in [0.3, 0.4) is 0 Å². The lowest BCUT2D eigenvalue weighted by molar-refractivity contribution is -0.168. The smallest absolute Gasteiger partial charge is 0.410 e. The van der Waals surface area contributed by atoms with Crippen LogP contribution in [0.4, 0.5) is 4.79 Å². The van der Waals surface area contributed by atoms with E-state index in [1.165, 1.54) is 17.1 Å². The van der Waals surface area contributed by atoms with E-state index in [2.05, 4.69) is 6.58 Å². The molecule has 0 aromatic heterocycles. The van der Waals surface area contributed by atoms with Gasteiger partial charge in [0.2, 0.25) is 5.91 Å². The summed E-state index contributed by atoms with van der Waals surface area (Å²) in [5.41, 5.74) is -0.539. The quantitative estimate of drug-likeness (QED) is 0.532. The summed E-state index contributed by atoms with van der Waals surface area (Å²) in [6, 6.07) is 0. The van der Waals surface area contributed by atoms with Crippen molar-refractivity contribution < 1.29 is 19.2 Å². The first kappa shape index (κ1) is 18.4. The van der Waals surface area contributed by atoms with Gasteiger partial charge in [0.1, 0.15) is 5.60 Å². The molecule has 2 amide bonds. The molecule has 0 atom stereocenters. The minimum absolute atomic E-state index is 0.129. The van der Waals surface area contributed by atoms with Gasteiger partial charge in [-0.05, 0) is 27.2 Å². The highest BCUT2D eigenvalue weighted by atomic mass is 16.7. The number of hydrogen-bond donors (Lipinski definition) is 0. The minimum Gasteiger partial charge on any atom is -0.444 e. The van der Waals surface area contributed by atoms with Crippen LogP contribution in [-0.4, -0.2) is 54.8 Å². The summed E-state index contributed by atoms with van der Waals surface area (Å²) < 4.78 is 5.30. The number of hydroxylamine groups is 2. The first-order valence-corrected chi connectivity index (χ1v) is 6.60. The second kappa shape index (κ2) is 8.58. The second-order valence-corrected chi connectivity index (χ2v) is 5.39. The van der Waals surface area contributed by atoms with Crippen molar-refractivity contribution in [2.45, 2.75) is 39.2 Å². The van der Waals surface area contributed by atoms with Crippen molar-refractivity contribution in [2.24, 2.45) is 0 Å². The normalized spacial score (nSPS) is 10.8. The van der Waals surface area contributed by atoms with E-state index < -0.39 is 11.7 Å². The highest BCUT2D eigenvalue weighted by Crippen LogP contribution is 2.10. The van der Waals surface area contributed by atoms with E-state index >= 15 is 0 Å². The van der Waals surface area contributed by atoms with Crippen molar-refractivity contribution in [3.05, 3.63) is 12.7 Å². The molecule has 0 saturated heterocycles. The number of carbonyl (C=O) groups excluding carboxylic acids is 2. The molecule has 0 aliphatic rings. The molecular weight excluding hydrogens is 260 g/mol. The van der Waals surface area contributed by atoms with E-state index in [0.717, 1.165) is 0 Å². The fourth-order valence-corrected chi connectivity index (χ4v) is 1.42. The molecule has 0 aromatic rings. The lowest BCUT2D eigenvalue weighted by Gasteiger charge is -2.26. The lowest BCUT2D eigenvalue weighted by atomic mass is 10.2. The van der Waals surface area contributed by atoms with Gasteiger partial charge in [-0.15, -0.1) is 6.58 Å². The Bertz CT molecular complexity index is 337. The van der Waals surface area contributed by atoms with E-state index in [4.69, 9.17) is 9.57 Å². The molecule has 0 rings (SSSR count). The summed E-state index contributed by atoms with van der Waals surface area (Å²) >= 11 is 0. The molecule has 0 N–H and O–H groups in total. The number of hydrogen-bond acceptors (Lipinski definition) is 4. The fourth-order valence-electron chi connectivity index (χ4n) is 1.42. The van der Waals surface area contributed by atoms with Crippen LogP contribution < -0.4 is 0 Å². The average molecular weight is 286 g/mol. The molecule has 0 unspecified atom stereocenters. The molecule has 0 radical (unpaired) electrons. The van der Waals surface area contributed by atoms with Gasteiger partial charge in [-0.25, -0.2) is 9.86 Å². The predicted octanol–water partition coefficient (Wildman–Crippen LogP) is 2.21. The van der Waals surface area contributed by atoms with Crippen molar-refractivity contribution in [2.75, 3.05) is 27.2 Å². The Balaban J connectivity index is 4.31. The van der Waals surface area contributed by atoms with Crippen LogP contribution in [0.5, 0.6) is 0 Å². The Kier molecular flexibility index (Phi) is 7.91. The molecule has 116 valence electrons. The third-order valence-electron chi connectivity index (χ3n) is 2.44. The van der Waals surface area contributed by atoms with Gasteiger partial charge in [0.05, 0.1) is 7.11 Å². The first-order chi connectivity index (χ1) is 9.21. The molecular formula is C14H26N2O4. The number of amides is 2. The average Bonchev–Trinajstić information content (AvgIpc) is 2.34. The minimum atomic E-state index is -0.539. The molecule has 0 bridgehead atoms. The summed E-state index contributed by atoms with van der Waals surface area (Å²) in [5.74, 6) is -0.129. The number of rotatable bonds is 7. The third-order valence-corrected chi connectivity index (χ3v) is 2.44. The van der Waals surface area contributed by atoms with E-state index in [1.54, 1.807) is 13.1 Å². The van der Waals surface area contributed by atoms with Crippen molar-refractivity contribution in [3.63, 3.8) is 0 Å². The Labute approximate surface area is 121 Å². The maximum Gasteiger partial charge on any atom is 0.410 e. The maximum absolute atomic E-state index is 12.0. The second-order valence-electron chi connectivity index (χ2n) is 5.39. The summed E-state index contributed by atoms with van der Waals surface area (Å²) in [5, 5.41) is 1.17. The molecule has 0 aliphatic heterocycles. The van der Waals surface area contributed by atoms with E-state index in [1.807, 2.05) is 20.8 Å². The van der Waals surface area contributed by atoms with Crippen molar-refractivity contribution in [3.8, 4) is 0 Å². The highest BCUT2D eigenvalue weighted by molar-refractivity contribution is 5.74. The Morgan fingerprint density at radius 1 is 1.30 bits per heavy atom. The summed E-state index contributed by atoms with van der Waals surface area (Å²) in [6.07, 6.45) is 2.08. The van der Waals surface area contributed by atoms with Crippen LogP contribution in [0.2, 0.25) is 0 Å². The molecule has 0 aliphatic carbocycles. The Hall–Kier alpha value is -1.56. The van der Waals surface area contributed by atoms with Crippen LogP contribution in [0, 0.1) is 0 Å². The standard InChI is InChI=1S/C14H26N2O4/c1-7-10-16(13(18)20-14(2,3)4)11-8-9-12(17)15(5)19-6/h7H,1,8-11H2,2-6H3. The van der Waals surface area contributed by atoms with Crippen LogP contribution in [0.1, 0.15) is 33.6 Å². The summed E-state index contributed by atoms with van der Waals surface area (Å²) in [4.78, 5) is 29.8. The van der Waals surface area contributed by atoms with Crippen LogP contribution >= 0.6 is 0 Å². The molecule has 0 heterocycles. The molecule has 0 spiro atoms. The van der Waals surface area contributed by atoms with Gasteiger partial charge in [-0.3, -0.25) is 9.63 Å². The van der Waals surface area contributed by atoms with Crippen LogP contribution in [0.25, 0.3) is 0 Å². The van der Waals surface area contributed by atoms with E-state index in [9.17, 15) is 9.59 Å². The van der Waals surface area contributed by atoms with Gasteiger partial charge in [-0.2, -0.15) is 0 Å². The zero-order valence-electron chi connectivity index (χ0n) is 13.1. The highest BCUT2D eigenvalue weighted by Gasteiger charge is 2.21. The van der Waals surface area contributed by atoms with Gasteiger partial charge in [-0.1, -0.05) is 6.08 Å². The molecule has 6 heteroatoms. The molecule has 20 heavy (non-hydrogen) atoms. The van der Waals surface area contributed by atoms with Gasteiger partial charge >= 0.3 is 6.09 Å². The summed E-state index contributed by atoms with van der Waals surface area (Å²) in [7, 11) is 2.99. The van der Waals surface area contributed by atoms with Gasteiger partial charge < -0.3 is 9.64 Å². The molecule has 0 fully saturated rings. The summed E-state index contributed by atoms with van der Waals surface area (Å²) in [6.45, 7) is 9.89. The predicted molar refractivity (Wildman–Crippen MR) is 77.0 cm³/mol. The third kappa shape index (κ3) is 7.78. The number of carbonyl (C=O) groups is 2. The Morgan fingerprint density at radius 3 is 2.35 bits per heavy atom.